The van der Waals surface area contributed by atoms with Crippen LogP contribution in [0.2, 0.25) is 0 Å². The summed E-state index contributed by atoms with van der Waals surface area (Å²) in [6.07, 6.45) is 2.56. The second kappa shape index (κ2) is 7.51. The molecule has 30 heavy (non-hydrogen) atoms. The monoisotopic (exact) mass is 465 g/mol. The molecule has 0 saturated heterocycles. The highest BCUT2D eigenvalue weighted by molar-refractivity contribution is 9.10. The van der Waals surface area contributed by atoms with Crippen LogP contribution < -0.4 is 0 Å². The topological polar surface area (TPSA) is 93.2 Å². The third-order valence-corrected chi connectivity index (χ3v) is 5.57. The first-order valence-corrected chi connectivity index (χ1v) is 9.99. The minimum atomic E-state index is -0.565. The summed E-state index contributed by atoms with van der Waals surface area (Å²) in [6, 6.07) is 13.2. The smallest absolute Gasteiger partial charge is 0.434 e. The van der Waals surface area contributed by atoms with Crippen molar-refractivity contribution in [1.29, 1.82) is 0 Å². The van der Waals surface area contributed by atoms with Gasteiger partial charge < -0.3 is 9.72 Å². The average Bonchev–Trinajstić information content (AvgIpc) is 3.16. The van der Waals surface area contributed by atoms with Crippen LogP contribution in [0.25, 0.3) is 22.3 Å². The molecule has 5 rings (SSSR count). The number of methoxy groups -OCH3 is 1. The van der Waals surface area contributed by atoms with Crippen molar-refractivity contribution < 1.29 is 14.4 Å². The highest BCUT2D eigenvalue weighted by atomic mass is 79.9. The van der Waals surface area contributed by atoms with E-state index in [1.165, 1.54) is 18.4 Å². The van der Waals surface area contributed by atoms with E-state index in [1.54, 1.807) is 6.20 Å². The number of aromatic amines is 1. The van der Waals surface area contributed by atoms with Crippen molar-refractivity contribution in [2.45, 2.75) is 12.6 Å². The lowest BCUT2D eigenvalue weighted by Gasteiger charge is -2.33. The zero-order valence-corrected chi connectivity index (χ0v) is 17.5. The SMILES string of the molecule is COC(=O)N1OCc2c([nH]c3ccc(Br)cc23)C1c1ccc(-c2nccnn2)cc1. The van der Waals surface area contributed by atoms with Gasteiger partial charge in [0.05, 0.1) is 19.0 Å². The van der Waals surface area contributed by atoms with E-state index < -0.39 is 12.1 Å². The van der Waals surface area contributed by atoms with Gasteiger partial charge in [0.2, 0.25) is 0 Å². The standard InChI is InChI=1S/C21H16BrN5O3/c1-29-21(28)27-19(12-2-4-13(5-3-12)20-23-8-9-24-26-20)18-16(11-30-27)15-10-14(22)6-7-17(15)25-18/h2-10,19,25H,11H2,1H3. The van der Waals surface area contributed by atoms with Crippen LogP contribution in [0.3, 0.4) is 0 Å². The highest BCUT2D eigenvalue weighted by Gasteiger charge is 2.36. The Bertz CT molecular complexity index is 1230. The molecule has 2 aromatic heterocycles. The molecule has 3 heterocycles. The summed E-state index contributed by atoms with van der Waals surface area (Å²) in [5.74, 6) is 0.532. The summed E-state index contributed by atoms with van der Waals surface area (Å²) in [7, 11) is 1.34. The van der Waals surface area contributed by atoms with Gasteiger partial charge in [-0.3, -0.25) is 4.84 Å². The van der Waals surface area contributed by atoms with E-state index in [9.17, 15) is 4.79 Å². The van der Waals surface area contributed by atoms with Crippen LogP contribution in [-0.2, 0) is 16.2 Å². The van der Waals surface area contributed by atoms with E-state index >= 15 is 0 Å². The van der Waals surface area contributed by atoms with E-state index in [1.807, 2.05) is 42.5 Å². The summed E-state index contributed by atoms with van der Waals surface area (Å²) < 4.78 is 5.93. The van der Waals surface area contributed by atoms with Gasteiger partial charge in [0.15, 0.2) is 5.82 Å². The molecule has 8 nitrogen and oxygen atoms in total. The van der Waals surface area contributed by atoms with Gasteiger partial charge in [-0.15, -0.1) is 5.10 Å². The number of hydrogen-bond donors (Lipinski definition) is 1. The van der Waals surface area contributed by atoms with Gasteiger partial charge in [0.1, 0.15) is 12.6 Å². The Labute approximate surface area is 179 Å². The molecular weight excluding hydrogens is 450 g/mol. The fourth-order valence-electron chi connectivity index (χ4n) is 3.70. The number of nitrogens with zero attached hydrogens (tertiary/aromatic N) is 4. The maximum absolute atomic E-state index is 12.4. The molecule has 0 aliphatic carbocycles. The van der Waals surface area contributed by atoms with Gasteiger partial charge >= 0.3 is 6.09 Å². The lowest BCUT2D eigenvalue weighted by Crippen LogP contribution is -2.38. The van der Waals surface area contributed by atoms with Crippen molar-refractivity contribution >= 4 is 32.9 Å². The number of rotatable bonds is 2. The van der Waals surface area contributed by atoms with Crippen molar-refractivity contribution in [2.75, 3.05) is 7.11 Å². The molecule has 2 aromatic carbocycles. The molecule has 1 unspecified atom stereocenters. The summed E-state index contributed by atoms with van der Waals surface area (Å²) in [4.78, 5) is 26.0. The number of hydrogen-bond acceptors (Lipinski definition) is 6. The van der Waals surface area contributed by atoms with Crippen LogP contribution in [0.4, 0.5) is 4.79 Å². The third kappa shape index (κ3) is 3.12. The molecule has 0 saturated carbocycles. The van der Waals surface area contributed by atoms with Gasteiger partial charge in [0.25, 0.3) is 0 Å². The number of benzene rings is 2. The average molecular weight is 466 g/mol. The molecule has 1 atom stereocenters. The Morgan fingerprint density at radius 3 is 2.80 bits per heavy atom. The lowest BCUT2D eigenvalue weighted by atomic mass is 9.97. The van der Waals surface area contributed by atoms with Crippen molar-refractivity contribution in [3.8, 4) is 11.4 Å². The minimum absolute atomic E-state index is 0.263. The number of nitrogens with one attached hydrogen (secondary N) is 1. The van der Waals surface area contributed by atoms with Crippen LogP contribution in [0.5, 0.6) is 0 Å². The van der Waals surface area contributed by atoms with Crippen molar-refractivity contribution in [3.05, 3.63) is 76.2 Å². The Kier molecular flexibility index (Phi) is 4.68. The van der Waals surface area contributed by atoms with Gasteiger partial charge in [-0.05, 0) is 23.8 Å². The molecule has 0 bridgehead atoms. The molecule has 150 valence electrons. The minimum Gasteiger partial charge on any atom is -0.451 e. The third-order valence-electron chi connectivity index (χ3n) is 5.08. The number of hydroxylamine groups is 2. The Morgan fingerprint density at radius 1 is 1.23 bits per heavy atom. The summed E-state index contributed by atoms with van der Waals surface area (Å²) in [6.45, 7) is 0.263. The normalized spacial score (nSPS) is 15.8. The zero-order chi connectivity index (χ0) is 20.7. The van der Waals surface area contributed by atoms with E-state index in [-0.39, 0.29) is 6.61 Å². The van der Waals surface area contributed by atoms with Gasteiger partial charge in [-0.25, -0.2) is 9.78 Å². The fourth-order valence-corrected chi connectivity index (χ4v) is 4.06. The molecule has 1 aliphatic rings. The van der Waals surface area contributed by atoms with Crippen LogP contribution in [0.15, 0.2) is 59.3 Å². The molecule has 1 N–H and O–H groups in total. The highest BCUT2D eigenvalue weighted by Crippen LogP contribution is 2.40. The summed E-state index contributed by atoms with van der Waals surface area (Å²) >= 11 is 3.53. The number of H-pyrrole nitrogens is 1. The number of carbonyl (C=O) groups is 1. The van der Waals surface area contributed by atoms with Crippen molar-refractivity contribution in [2.24, 2.45) is 0 Å². The number of ether oxygens (including phenoxy) is 1. The predicted molar refractivity (Wildman–Crippen MR) is 112 cm³/mol. The van der Waals surface area contributed by atoms with E-state index in [0.29, 0.717) is 5.82 Å². The van der Waals surface area contributed by atoms with E-state index in [2.05, 4.69) is 36.1 Å². The van der Waals surface area contributed by atoms with Gasteiger partial charge in [-0.1, -0.05) is 40.2 Å². The Morgan fingerprint density at radius 2 is 2.07 bits per heavy atom. The fraction of sp³-hybridized carbons (Fsp3) is 0.143. The van der Waals surface area contributed by atoms with Crippen molar-refractivity contribution in [3.63, 3.8) is 0 Å². The zero-order valence-electron chi connectivity index (χ0n) is 15.9. The first-order chi connectivity index (χ1) is 14.7. The molecule has 0 radical (unpaired) electrons. The van der Waals surface area contributed by atoms with Crippen LogP contribution >= 0.6 is 15.9 Å². The second-order valence-corrected chi connectivity index (χ2v) is 7.68. The summed E-state index contributed by atoms with van der Waals surface area (Å²) in [5.41, 5.74) is 4.57. The summed E-state index contributed by atoms with van der Waals surface area (Å²) in [5, 5.41) is 10.2. The maximum Gasteiger partial charge on any atom is 0.434 e. The quantitative estimate of drug-likeness (QED) is 0.471. The maximum atomic E-state index is 12.4. The number of halogens is 1. The number of fused-ring (bicyclic) bond motifs is 3. The molecule has 4 aromatic rings. The molecule has 0 fully saturated rings. The predicted octanol–water partition coefficient (Wildman–Crippen LogP) is 4.39. The van der Waals surface area contributed by atoms with Crippen LogP contribution in [0, 0.1) is 0 Å². The molecule has 1 aliphatic heterocycles. The van der Waals surface area contributed by atoms with Gasteiger partial charge in [-0.2, -0.15) is 10.2 Å². The number of aromatic nitrogens is 4. The van der Waals surface area contributed by atoms with Crippen LogP contribution in [0.1, 0.15) is 22.9 Å². The van der Waals surface area contributed by atoms with Gasteiger partial charge in [0, 0.05) is 32.7 Å². The lowest BCUT2D eigenvalue weighted by molar-refractivity contribution is -0.173. The van der Waals surface area contributed by atoms with Crippen molar-refractivity contribution in [1.82, 2.24) is 25.2 Å². The number of carbonyl (C=O) groups excluding carboxylic acids is 1. The Hall–Kier alpha value is -3.30. The molecule has 1 amide bonds. The largest absolute Gasteiger partial charge is 0.451 e. The molecule has 0 spiro atoms. The van der Waals surface area contributed by atoms with E-state index in [4.69, 9.17) is 9.57 Å². The Balaban J connectivity index is 1.62. The first kappa shape index (κ1) is 18.7. The molecular formula is C21H16BrN5O3. The first-order valence-electron chi connectivity index (χ1n) is 9.20. The second-order valence-electron chi connectivity index (χ2n) is 6.77. The number of amides is 1. The van der Waals surface area contributed by atoms with Crippen LogP contribution in [-0.4, -0.2) is 38.4 Å². The molecule has 9 heteroatoms. The van der Waals surface area contributed by atoms with E-state index in [0.717, 1.165) is 37.8 Å².